The Morgan fingerprint density at radius 2 is 1.00 bits per heavy atom. The Balaban J connectivity index is 6.06. The van der Waals surface area contributed by atoms with Crippen LogP contribution >= 0.6 is 0 Å². The molecule has 0 spiro atoms. The van der Waals surface area contributed by atoms with Crippen LogP contribution in [0.5, 0.6) is 0 Å². The van der Waals surface area contributed by atoms with E-state index in [0.717, 1.165) is 0 Å². The van der Waals surface area contributed by atoms with Gasteiger partial charge in [-0.25, -0.2) is 27.2 Å². The van der Waals surface area contributed by atoms with Gasteiger partial charge in [0.1, 0.15) is 0 Å². The van der Waals surface area contributed by atoms with Crippen LogP contribution in [0.2, 0.25) is 13.1 Å². The third kappa shape index (κ3) is 3.85. The molecule has 0 fully saturated rings. The van der Waals surface area contributed by atoms with Crippen LogP contribution in [-0.2, 0) is 19.1 Å². The fourth-order valence-electron chi connectivity index (χ4n) is 1.39. The molecule has 0 radical (unpaired) electrons. The minimum Gasteiger partial charge on any atom is -0.393 e. The van der Waals surface area contributed by atoms with Gasteiger partial charge in [0.05, 0.1) is 0 Å². The number of ether oxygens (including phenoxy) is 2. The van der Waals surface area contributed by atoms with E-state index in [4.69, 9.17) is 0 Å². The van der Waals surface area contributed by atoms with E-state index in [1.165, 1.54) is 0 Å². The summed E-state index contributed by atoms with van der Waals surface area (Å²) >= 11 is 0. The maximum Gasteiger partial charge on any atom is 0.462 e. The Labute approximate surface area is 137 Å². The number of rotatable bonds is 8. The number of esters is 2. The van der Waals surface area contributed by atoms with Crippen LogP contribution in [0.3, 0.4) is 0 Å². The third-order valence-corrected chi connectivity index (χ3v) is 6.81. The summed E-state index contributed by atoms with van der Waals surface area (Å²) in [5.74, 6) is -4.19. The molecule has 144 valence electrons. The summed E-state index contributed by atoms with van der Waals surface area (Å²) in [7, 11) is -6.38. The smallest absolute Gasteiger partial charge is 0.393 e. The second-order valence-electron chi connectivity index (χ2n) is 5.06. The van der Waals surface area contributed by atoms with E-state index in [9.17, 15) is 44.7 Å². The average Bonchev–Trinajstić information content (AvgIpc) is 2.45. The van der Waals surface area contributed by atoms with Crippen molar-refractivity contribution in [3.63, 3.8) is 0 Å². The largest absolute Gasteiger partial charge is 0.462 e. The molecule has 0 N–H and O–H groups in total. The minimum absolute atomic E-state index is 0.0388. The Kier molecular flexibility index (Phi) is 6.24. The van der Waals surface area contributed by atoms with Gasteiger partial charge in [0.2, 0.25) is 8.07 Å². The lowest BCUT2D eigenvalue weighted by Gasteiger charge is -2.41. The number of alkyl halides is 8. The van der Waals surface area contributed by atoms with Gasteiger partial charge in [-0.05, 0) is 0 Å². The Bertz CT molecular complexity index is 525. The monoisotopic (exact) mass is 400 g/mol. The summed E-state index contributed by atoms with van der Waals surface area (Å²) in [5.41, 5.74) is -11.8. The van der Waals surface area contributed by atoms with Gasteiger partial charge in [-0.1, -0.05) is 26.3 Å². The Morgan fingerprint density at radius 3 is 1.20 bits per heavy atom. The van der Waals surface area contributed by atoms with Crippen molar-refractivity contribution in [2.75, 3.05) is 0 Å². The Hall–Kier alpha value is -1.92. The van der Waals surface area contributed by atoms with Gasteiger partial charge in [0, 0.05) is 12.2 Å². The van der Waals surface area contributed by atoms with Gasteiger partial charge in [-0.2, -0.15) is 17.6 Å². The van der Waals surface area contributed by atoms with Crippen LogP contribution in [-0.4, -0.2) is 43.3 Å². The second-order valence-corrected chi connectivity index (χ2v) is 9.56. The molecule has 0 aromatic rings. The first-order valence-corrected chi connectivity index (χ1v) is 9.13. The molecule has 0 aliphatic rings. The lowest BCUT2D eigenvalue weighted by molar-refractivity contribution is -0.324. The predicted molar refractivity (Wildman–Crippen MR) is 69.8 cm³/mol. The van der Waals surface area contributed by atoms with E-state index in [-0.39, 0.29) is 25.2 Å². The Morgan fingerprint density at radius 1 is 0.760 bits per heavy atom. The van der Waals surface area contributed by atoms with Crippen LogP contribution in [0.4, 0.5) is 35.1 Å². The molecule has 0 aliphatic heterocycles. The molecule has 13 heteroatoms. The summed E-state index contributed by atoms with van der Waals surface area (Å²) < 4.78 is 116. The summed E-state index contributed by atoms with van der Waals surface area (Å²) in [4.78, 5) is 21.4. The van der Waals surface area contributed by atoms with Crippen LogP contribution in [0.15, 0.2) is 25.3 Å². The fourth-order valence-corrected chi connectivity index (χ4v) is 3.34. The number of hydrogen-bond donors (Lipinski definition) is 0. The zero-order valence-corrected chi connectivity index (χ0v) is 13.7. The molecular weight excluding hydrogens is 388 g/mol. The van der Waals surface area contributed by atoms with Crippen molar-refractivity contribution in [1.29, 1.82) is 0 Å². The molecule has 4 nitrogen and oxygen atoms in total. The normalized spacial score (nSPS) is 13.8. The standard InChI is InChI=1S/C12H12F8O4Si/c1-5-7(21)23-9(13,14)11(17,18)25(3,4)12(19,20)10(15,16)24-8(22)6-2/h5-6H,1-2H2,3-4H3. The number of halogens is 8. The first-order valence-electron chi connectivity index (χ1n) is 6.13. The van der Waals surface area contributed by atoms with Crippen molar-refractivity contribution in [1.82, 2.24) is 0 Å². The molecule has 0 saturated carbocycles. The van der Waals surface area contributed by atoms with Crippen molar-refractivity contribution < 1.29 is 54.2 Å². The first-order chi connectivity index (χ1) is 10.9. The highest BCUT2D eigenvalue weighted by molar-refractivity contribution is 6.82. The van der Waals surface area contributed by atoms with Crippen LogP contribution < -0.4 is 0 Å². The lowest BCUT2D eigenvalue weighted by atomic mass is 10.6. The topological polar surface area (TPSA) is 52.6 Å². The second kappa shape index (κ2) is 6.76. The highest BCUT2D eigenvalue weighted by Gasteiger charge is 2.83. The van der Waals surface area contributed by atoms with Crippen molar-refractivity contribution in [2.45, 2.75) is 36.4 Å². The maximum atomic E-state index is 13.9. The van der Waals surface area contributed by atoms with Gasteiger partial charge in [0.15, 0.2) is 0 Å². The molecule has 0 unspecified atom stereocenters. The molecular formula is C12H12F8O4Si. The van der Waals surface area contributed by atoms with Crippen molar-refractivity contribution in [3.05, 3.63) is 25.3 Å². The average molecular weight is 400 g/mol. The van der Waals surface area contributed by atoms with E-state index in [0.29, 0.717) is 0 Å². The van der Waals surface area contributed by atoms with E-state index in [1.54, 1.807) is 0 Å². The molecule has 25 heavy (non-hydrogen) atoms. The van der Waals surface area contributed by atoms with Crippen molar-refractivity contribution in [2.24, 2.45) is 0 Å². The van der Waals surface area contributed by atoms with Crippen LogP contribution in [0, 0.1) is 0 Å². The van der Waals surface area contributed by atoms with Crippen molar-refractivity contribution >= 4 is 20.0 Å². The first kappa shape index (κ1) is 23.1. The molecule has 0 heterocycles. The van der Waals surface area contributed by atoms with E-state index in [1.807, 2.05) is 0 Å². The zero-order chi connectivity index (χ0) is 20.5. The SMILES string of the molecule is C=CC(=O)OC(F)(F)C(F)(F)[Si](C)(C)C(F)(F)C(F)(F)OC(=O)C=C. The molecule has 0 rings (SSSR count). The third-order valence-electron chi connectivity index (χ3n) is 3.09. The molecule has 0 saturated heterocycles. The summed E-state index contributed by atoms with van der Waals surface area (Å²) in [6, 6.07) is 0. The highest BCUT2D eigenvalue weighted by atomic mass is 28.3. The highest BCUT2D eigenvalue weighted by Crippen LogP contribution is 2.53. The molecule has 0 bridgehead atoms. The summed E-state index contributed by atoms with van der Waals surface area (Å²) in [5, 5.41) is 0. The quantitative estimate of drug-likeness (QED) is 0.270. The lowest BCUT2D eigenvalue weighted by Crippen LogP contribution is -2.73. The number of carbonyl (C=O) groups excluding carboxylic acids is 2. The van der Waals surface area contributed by atoms with Gasteiger partial charge < -0.3 is 9.47 Å². The van der Waals surface area contributed by atoms with Gasteiger partial charge >= 0.3 is 35.2 Å². The zero-order valence-electron chi connectivity index (χ0n) is 12.7. The van der Waals surface area contributed by atoms with Crippen LogP contribution in [0.1, 0.15) is 0 Å². The maximum absolute atomic E-state index is 13.9. The van der Waals surface area contributed by atoms with E-state index in [2.05, 4.69) is 22.6 Å². The number of carbonyl (C=O) groups is 2. The van der Waals surface area contributed by atoms with Gasteiger partial charge in [-0.15, -0.1) is 0 Å². The fraction of sp³-hybridized carbons (Fsp3) is 0.500. The number of hydrogen-bond acceptors (Lipinski definition) is 4. The molecule has 0 aromatic heterocycles. The molecule has 0 aromatic carbocycles. The molecule has 0 amide bonds. The van der Waals surface area contributed by atoms with Crippen molar-refractivity contribution in [3.8, 4) is 0 Å². The predicted octanol–water partition coefficient (Wildman–Crippen LogP) is 3.69. The van der Waals surface area contributed by atoms with Crippen LogP contribution in [0.25, 0.3) is 0 Å². The van der Waals surface area contributed by atoms with Gasteiger partial charge in [-0.3, -0.25) is 0 Å². The molecule has 0 aliphatic carbocycles. The summed E-state index contributed by atoms with van der Waals surface area (Å²) in [6.07, 6.45) is -11.6. The van der Waals surface area contributed by atoms with E-state index < -0.39 is 43.3 Å². The summed E-state index contributed by atoms with van der Waals surface area (Å²) in [6.45, 7) is 4.87. The minimum atomic E-state index is -6.38. The molecule has 0 atom stereocenters. The van der Waals surface area contributed by atoms with Gasteiger partial charge in [0.25, 0.3) is 0 Å². The van der Waals surface area contributed by atoms with E-state index >= 15 is 0 Å².